The second-order valence-electron chi connectivity index (χ2n) is 5.23. The van der Waals surface area contributed by atoms with Crippen LogP contribution >= 0.6 is 0 Å². The predicted molar refractivity (Wildman–Crippen MR) is 54.6 cm³/mol. The van der Waals surface area contributed by atoms with E-state index in [4.69, 9.17) is 0 Å². The number of nitrogens with zero attached hydrogens (tertiary/aromatic N) is 2. The molecule has 3 nitrogen and oxygen atoms in total. The molecule has 0 fully saturated rings. The third-order valence-electron chi connectivity index (χ3n) is 3.02. The van der Waals surface area contributed by atoms with Crippen molar-refractivity contribution in [3.63, 3.8) is 0 Å². The fourth-order valence-electron chi connectivity index (χ4n) is 2.25. The van der Waals surface area contributed by atoms with Gasteiger partial charge in [-0.2, -0.15) is 13.2 Å². The van der Waals surface area contributed by atoms with Gasteiger partial charge in [0.2, 0.25) is 5.82 Å². The highest BCUT2D eigenvalue weighted by molar-refractivity contribution is 5.97. The standard InChI is InChI=1S/C11H13F3N2O/c1-10(2)4-6-8(7(17)5-10)15-9(16(6)3)11(12,13)14/h4-5H2,1-3H3. The summed E-state index contributed by atoms with van der Waals surface area (Å²) >= 11 is 0. The van der Waals surface area contributed by atoms with Crippen molar-refractivity contribution in [1.29, 1.82) is 0 Å². The molecular formula is C11H13F3N2O. The Hall–Kier alpha value is -1.33. The number of carbonyl (C=O) groups excluding carboxylic acids is 1. The number of ketones is 1. The smallest absolute Gasteiger partial charge is 0.327 e. The Balaban J connectivity index is 2.58. The van der Waals surface area contributed by atoms with E-state index in [0.29, 0.717) is 12.1 Å². The van der Waals surface area contributed by atoms with Crippen molar-refractivity contribution < 1.29 is 18.0 Å². The number of halogens is 3. The summed E-state index contributed by atoms with van der Waals surface area (Å²) in [6.07, 6.45) is -3.83. The van der Waals surface area contributed by atoms with Crippen LogP contribution in [-0.4, -0.2) is 15.3 Å². The zero-order valence-corrected chi connectivity index (χ0v) is 9.85. The van der Waals surface area contributed by atoms with Gasteiger partial charge in [0.05, 0.1) is 0 Å². The van der Waals surface area contributed by atoms with Crippen LogP contribution in [0.1, 0.15) is 42.3 Å². The van der Waals surface area contributed by atoms with E-state index >= 15 is 0 Å². The highest BCUT2D eigenvalue weighted by atomic mass is 19.4. The minimum Gasteiger partial charge on any atom is -0.327 e. The Bertz CT molecular complexity index is 486. The van der Waals surface area contributed by atoms with Crippen LogP contribution in [0.15, 0.2) is 0 Å². The van der Waals surface area contributed by atoms with Gasteiger partial charge in [0, 0.05) is 19.2 Å². The Morgan fingerprint density at radius 1 is 1.29 bits per heavy atom. The molecule has 1 aliphatic rings. The molecule has 1 aromatic heterocycles. The molecule has 94 valence electrons. The maximum absolute atomic E-state index is 12.7. The van der Waals surface area contributed by atoms with Gasteiger partial charge in [-0.1, -0.05) is 13.8 Å². The van der Waals surface area contributed by atoms with Crippen LogP contribution in [0.5, 0.6) is 0 Å². The zero-order valence-electron chi connectivity index (χ0n) is 9.85. The first kappa shape index (κ1) is 12.1. The molecule has 0 radical (unpaired) electrons. The van der Waals surface area contributed by atoms with Crippen molar-refractivity contribution in [2.45, 2.75) is 32.9 Å². The number of aromatic nitrogens is 2. The molecular weight excluding hydrogens is 233 g/mol. The largest absolute Gasteiger partial charge is 0.449 e. The lowest BCUT2D eigenvalue weighted by Gasteiger charge is -2.28. The minimum absolute atomic E-state index is 0.0147. The number of imidazole rings is 1. The summed E-state index contributed by atoms with van der Waals surface area (Å²) in [5.74, 6) is -1.30. The third kappa shape index (κ3) is 1.96. The summed E-state index contributed by atoms with van der Waals surface area (Å²) in [5.41, 5.74) is 0.0681. The lowest BCUT2D eigenvalue weighted by molar-refractivity contribution is -0.146. The van der Waals surface area contributed by atoms with E-state index in [0.717, 1.165) is 4.57 Å². The second kappa shape index (κ2) is 3.34. The van der Waals surface area contributed by atoms with Gasteiger partial charge in [0.25, 0.3) is 0 Å². The van der Waals surface area contributed by atoms with Crippen LogP contribution in [0.25, 0.3) is 0 Å². The molecule has 1 aliphatic carbocycles. The normalized spacial score (nSPS) is 19.3. The van der Waals surface area contributed by atoms with E-state index in [1.54, 1.807) is 0 Å². The number of alkyl halides is 3. The van der Waals surface area contributed by atoms with Crippen molar-refractivity contribution in [3.8, 4) is 0 Å². The molecule has 6 heteroatoms. The topological polar surface area (TPSA) is 34.9 Å². The minimum atomic E-state index is -4.52. The molecule has 0 aromatic carbocycles. The Kier molecular flexibility index (Phi) is 2.38. The van der Waals surface area contributed by atoms with E-state index in [-0.39, 0.29) is 23.3 Å². The van der Waals surface area contributed by atoms with Gasteiger partial charge in [-0.25, -0.2) is 4.98 Å². The molecule has 0 bridgehead atoms. The van der Waals surface area contributed by atoms with Gasteiger partial charge < -0.3 is 4.57 Å². The molecule has 0 saturated carbocycles. The van der Waals surface area contributed by atoms with E-state index < -0.39 is 12.0 Å². The molecule has 1 aromatic rings. The highest BCUT2D eigenvalue weighted by Crippen LogP contribution is 2.37. The van der Waals surface area contributed by atoms with Crippen LogP contribution in [0, 0.1) is 5.41 Å². The predicted octanol–water partition coefficient (Wildman–Crippen LogP) is 2.59. The van der Waals surface area contributed by atoms with Gasteiger partial charge in [-0.05, 0) is 11.8 Å². The van der Waals surface area contributed by atoms with Gasteiger partial charge in [-0.15, -0.1) is 0 Å². The van der Waals surface area contributed by atoms with E-state index in [1.165, 1.54) is 7.05 Å². The van der Waals surface area contributed by atoms with Crippen LogP contribution in [-0.2, 0) is 19.6 Å². The van der Waals surface area contributed by atoms with Crippen LogP contribution < -0.4 is 0 Å². The van der Waals surface area contributed by atoms with E-state index in [1.807, 2.05) is 13.8 Å². The van der Waals surface area contributed by atoms with E-state index in [2.05, 4.69) is 4.98 Å². The number of carbonyl (C=O) groups is 1. The fourth-order valence-corrected chi connectivity index (χ4v) is 2.25. The van der Waals surface area contributed by atoms with Crippen LogP contribution in [0.4, 0.5) is 13.2 Å². The van der Waals surface area contributed by atoms with Gasteiger partial charge >= 0.3 is 6.18 Å². The first-order valence-corrected chi connectivity index (χ1v) is 5.28. The SMILES string of the molecule is Cn1c(C(F)(F)F)nc2c1CC(C)(C)CC2=O. The highest BCUT2D eigenvalue weighted by Gasteiger charge is 2.42. The van der Waals surface area contributed by atoms with Gasteiger partial charge in [-0.3, -0.25) is 4.79 Å². The molecule has 0 aliphatic heterocycles. The number of hydrogen-bond donors (Lipinski definition) is 0. The van der Waals surface area contributed by atoms with Crippen molar-refractivity contribution >= 4 is 5.78 Å². The Morgan fingerprint density at radius 3 is 2.41 bits per heavy atom. The summed E-state index contributed by atoms with van der Waals surface area (Å²) in [4.78, 5) is 15.2. The summed E-state index contributed by atoms with van der Waals surface area (Å²) in [5, 5.41) is 0. The number of hydrogen-bond acceptors (Lipinski definition) is 2. The summed E-state index contributed by atoms with van der Waals surface area (Å²) in [7, 11) is 1.31. The quantitative estimate of drug-likeness (QED) is 0.705. The summed E-state index contributed by atoms with van der Waals surface area (Å²) in [6.45, 7) is 3.74. The molecule has 0 atom stereocenters. The average molecular weight is 246 g/mol. The Morgan fingerprint density at radius 2 is 1.88 bits per heavy atom. The van der Waals surface area contributed by atoms with Crippen molar-refractivity contribution in [3.05, 3.63) is 17.2 Å². The molecule has 0 spiro atoms. The average Bonchev–Trinajstić information content (AvgIpc) is 2.41. The van der Waals surface area contributed by atoms with Crippen molar-refractivity contribution in [1.82, 2.24) is 9.55 Å². The lowest BCUT2D eigenvalue weighted by Crippen LogP contribution is -2.28. The van der Waals surface area contributed by atoms with Crippen LogP contribution in [0.3, 0.4) is 0 Å². The molecule has 2 rings (SSSR count). The molecule has 0 N–H and O–H groups in total. The maximum Gasteiger partial charge on any atom is 0.449 e. The number of rotatable bonds is 0. The zero-order chi connectivity index (χ0) is 13.0. The maximum atomic E-state index is 12.7. The monoisotopic (exact) mass is 246 g/mol. The molecule has 0 unspecified atom stereocenters. The third-order valence-corrected chi connectivity index (χ3v) is 3.02. The summed E-state index contributed by atoms with van der Waals surface area (Å²) < 4.78 is 39.0. The fraction of sp³-hybridized carbons (Fsp3) is 0.636. The second-order valence-corrected chi connectivity index (χ2v) is 5.23. The lowest BCUT2D eigenvalue weighted by atomic mass is 9.77. The van der Waals surface area contributed by atoms with Crippen LogP contribution in [0.2, 0.25) is 0 Å². The number of fused-ring (bicyclic) bond motifs is 1. The van der Waals surface area contributed by atoms with E-state index in [9.17, 15) is 18.0 Å². The summed E-state index contributed by atoms with van der Waals surface area (Å²) in [6, 6.07) is 0. The van der Waals surface area contributed by atoms with Crippen molar-refractivity contribution in [2.24, 2.45) is 12.5 Å². The Labute approximate surface area is 96.6 Å². The molecule has 1 heterocycles. The molecule has 0 amide bonds. The van der Waals surface area contributed by atoms with Gasteiger partial charge in [0.1, 0.15) is 5.69 Å². The van der Waals surface area contributed by atoms with Crippen molar-refractivity contribution in [2.75, 3.05) is 0 Å². The molecule has 17 heavy (non-hydrogen) atoms. The first-order valence-electron chi connectivity index (χ1n) is 5.28. The van der Waals surface area contributed by atoms with Gasteiger partial charge in [0.15, 0.2) is 5.78 Å². The molecule has 0 saturated heterocycles. The first-order chi connectivity index (χ1) is 7.62. The number of Topliss-reactive ketones (excluding diaryl/α,β-unsaturated/α-hetero) is 1.